The van der Waals surface area contributed by atoms with Crippen molar-refractivity contribution >= 4 is 53.4 Å². The van der Waals surface area contributed by atoms with Gasteiger partial charge in [-0.1, -0.05) is 157 Å². The highest BCUT2D eigenvalue weighted by Gasteiger charge is 2.19. The van der Waals surface area contributed by atoms with E-state index in [1.807, 2.05) is 0 Å². The van der Waals surface area contributed by atoms with Crippen molar-refractivity contribution in [2.45, 2.75) is 0 Å². The van der Waals surface area contributed by atoms with Gasteiger partial charge in [-0.15, -0.1) is 11.3 Å². The van der Waals surface area contributed by atoms with Crippen LogP contribution in [-0.2, 0) is 0 Å². The summed E-state index contributed by atoms with van der Waals surface area (Å²) in [7, 11) is 0. The Balaban J connectivity index is 1.24. The van der Waals surface area contributed by atoms with Crippen LogP contribution in [0.15, 0.2) is 192 Å². The maximum atomic E-state index is 9.79. The molecule has 0 saturated heterocycles. The van der Waals surface area contributed by atoms with E-state index in [0.717, 1.165) is 6.07 Å². The third kappa shape index (κ3) is 5.48. The molecule has 0 atom stereocenters. The van der Waals surface area contributed by atoms with Crippen molar-refractivity contribution < 1.29 is 45.5 Å². The number of hydrogen-bond donors (Lipinski definition) is 0. The van der Waals surface area contributed by atoms with Gasteiger partial charge in [0.25, 0.3) is 0 Å². The first-order chi connectivity index (χ1) is 40.2. The maximum Gasteiger partial charge on any atom is 0.164 e. The minimum atomic E-state index is -1.03. The maximum absolute atomic E-state index is 9.79. The molecule has 0 radical (unpaired) electrons. The standard InChI is InChI=1S/C51H31N3OS/c1-3-14-32(15-4-1)49-52-50(33-16-5-2-6-17-33)54-51(53-49)36-19-11-18-34(30-36)35-28-29-42-46(31-35)56-45-27-13-24-40(48(42)45)38-21-8-7-20-37(38)39-23-12-26-44-47(39)41-22-9-10-25-43(41)55-44/h1-31H/i1D,2D,3D,4D,5D,6D,7D,8D,9D,10D,11D,12D,13D,14D,15D,16D,17D,18D,19D,21D,22D,23D,24D,25D,26D,27D,28D,29D,30D,31D. The molecule has 0 aliphatic heterocycles. The lowest BCUT2D eigenvalue weighted by molar-refractivity contribution is 0.669. The second-order valence-corrected chi connectivity index (χ2v) is 12.7. The Bertz CT molecular complexity index is 4870. The van der Waals surface area contributed by atoms with Crippen LogP contribution < -0.4 is 0 Å². The van der Waals surface area contributed by atoms with Crippen molar-refractivity contribution in [1.29, 1.82) is 0 Å². The monoisotopic (exact) mass is 763 g/mol. The average molecular weight is 764 g/mol. The van der Waals surface area contributed by atoms with Gasteiger partial charge in [0.1, 0.15) is 11.2 Å². The van der Waals surface area contributed by atoms with Gasteiger partial charge in [0.15, 0.2) is 17.5 Å². The molecule has 8 aromatic carbocycles. The van der Waals surface area contributed by atoms with Crippen molar-refractivity contribution in [2.75, 3.05) is 0 Å². The summed E-state index contributed by atoms with van der Waals surface area (Å²) in [6.07, 6.45) is 0. The van der Waals surface area contributed by atoms with Crippen LogP contribution in [0.2, 0.25) is 0 Å². The number of aromatic nitrogens is 3. The van der Waals surface area contributed by atoms with E-state index in [0.29, 0.717) is 11.3 Å². The summed E-state index contributed by atoms with van der Waals surface area (Å²) in [5.41, 5.74) is -6.94. The van der Waals surface area contributed by atoms with E-state index in [9.17, 15) is 12.3 Å². The van der Waals surface area contributed by atoms with Gasteiger partial charge in [-0.25, -0.2) is 15.0 Å². The van der Waals surface area contributed by atoms with Crippen LogP contribution in [0.3, 0.4) is 0 Å². The molecular weight excluding hydrogens is 703 g/mol. The van der Waals surface area contributed by atoms with Gasteiger partial charge in [-0.3, -0.25) is 0 Å². The molecule has 262 valence electrons. The Morgan fingerprint density at radius 3 is 1.73 bits per heavy atom. The minimum Gasteiger partial charge on any atom is -0.456 e. The predicted molar refractivity (Wildman–Crippen MR) is 233 cm³/mol. The van der Waals surface area contributed by atoms with E-state index < -0.39 is 265 Å². The highest BCUT2D eigenvalue weighted by atomic mass is 32.1. The smallest absolute Gasteiger partial charge is 0.164 e. The highest BCUT2D eigenvalue weighted by Crippen LogP contribution is 2.46. The van der Waals surface area contributed by atoms with Gasteiger partial charge in [0.2, 0.25) is 0 Å². The van der Waals surface area contributed by atoms with Gasteiger partial charge in [0.05, 0.1) is 41.1 Å². The fourth-order valence-electron chi connectivity index (χ4n) is 6.08. The molecule has 56 heavy (non-hydrogen) atoms. The molecule has 0 fully saturated rings. The van der Waals surface area contributed by atoms with Gasteiger partial charge in [0, 0.05) is 47.6 Å². The molecule has 0 bridgehead atoms. The van der Waals surface area contributed by atoms with Crippen LogP contribution in [-0.4, -0.2) is 15.0 Å². The molecule has 0 unspecified atom stereocenters. The minimum absolute atomic E-state index is 0.297. The second kappa shape index (κ2) is 13.3. The fraction of sp³-hybridized carbons (Fsp3) is 0. The fourth-order valence-corrected chi connectivity index (χ4v) is 7.10. The third-order valence-corrected chi connectivity index (χ3v) is 9.49. The topological polar surface area (TPSA) is 51.8 Å². The molecule has 0 saturated carbocycles. The molecule has 11 rings (SSSR count). The largest absolute Gasteiger partial charge is 0.456 e. The SMILES string of the molecule is [2H]c1cc(-c2c([2H])c([2H])c([2H])c3oc4c([2H])c([2H])c([2H])c([2H])c4c23)c(-c2c([2H])c([2H])c([2H])c3sc4c([2H])c(-c5c([2H])c([2H])c([2H])c(-c6nc(-c7c([2H])c([2H])c([2H])c([2H])c7[2H])nc(-c7c([2H])c([2H])c([2H])c([2H])c7[2H])n6)c5[2H])c([2H])c([2H])c4c23)c([2H])c1[2H]. The van der Waals surface area contributed by atoms with E-state index in [-0.39, 0.29) is 25.6 Å². The van der Waals surface area contributed by atoms with E-state index in [4.69, 9.17) is 33.2 Å². The lowest BCUT2D eigenvalue weighted by Gasteiger charge is -2.13. The van der Waals surface area contributed by atoms with Crippen LogP contribution in [0.4, 0.5) is 0 Å². The Labute approximate surface area is 369 Å². The molecular formula is C51H31N3OS. The summed E-state index contributed by atoms with van der Waals surface area (Å²) in [5, 5.41) is -1.57. The van der Waals surface area contributed by atoms with Crippen molar-refractivity contribution in [3.05, 3.63) is 187 Å². The number of benzene rings is 8. The molecule has 5 heteroatoms. The highest BCUT2D eigenvalue weighted by molar-refractivity contribution is 7.26. The molecule has 0 N–H and O–H groups in total. The summed E-state index contributed by atoms with van der Waals surface area (Å²) >= 11 is 0.527. The summed E-state index contributed by atoms with van der Waals surface area (Å²) in [6.45, 7) is 0. The lowest BCUT2D eigenvalue weighted by atomic mass is 9.90. The normalized spacial score (nSPS) is 19.1. The third-order valence-electron chi connectivity index (χ3n) is 8.47. The quantitative estimate of drug-likeness (QED) is 0.169. The Hall–Kier alpha value is -7.21. The van der Waals surface area contributed by atoms with Crippen molar-refractivity contribution in [3.8, 4) is 67.5 Å². The molecule has 4 nitrogen and oxygen atoms in total. The lowest BCUT2D eigenvalue weighted by Crippen LogP contribution is -2.00. The molecule has 0 amide bonds. The molecule has 3 heterocycles. The Morgan fingerprint density at radius 1 is 0.375 bits per heavy atom. The first kappa shape index (κ1) is 14.1. The zero-order valence-electron chi connectivity index (χ0n) is 57.7. The number of para-hydroxylation sites is 1. The zero-order valence-corrected chi connectivity index (χ0v) is 28.6. The number of nitrogens with zero attached hydrogens (tertiary/aromatic N) is 3. The Morgan fingerprint density at radius 2 is 0.946 bits per heavy atom. The molecule has 3 aromatic heterocycles. The van der Waals surface area contributed by atoms with Crippen molar-refractivity contribution in [1.82, 2.24) is 15.0 Å². The van der Waals surface area contributed by atoms with E-state index in [1.54, 1.807) is 0 Å². The van der Waals surface area contributed by atoms with Crippen LogP contribution >= 0.6 is 11.3 Å². The Kier molecular flexibility index (Phi) is 3.35. The predicted octanol–water partition coefficient (Wildman–Crippen LogP) is 14.1. The first-order valence-electron chi connectivity index (χ1n) is 31.2. The number of hydrogen-bond acceptors (Lipinski definition) is 5. The number of furan rings is 1. The van der Waals surface area contributed by atoms with E-state index in [2.05, 4.69) is 15.0 Å². The molecule has 0 spiro atoms. The van der Waals surface area contributed by atoms with E-state index in [1.165, 1.54) is 0 Å². The number of fused-ring (bicyclic) bond motifs is 6. The van der Waals surface area contributed by atoms with Crippen LogP contribution in [0, 0.1) is 0 Å². The summed E-state index contributed by atoms with van der Waals surface area (Å²) in [4.78, 5) is 12.7. The van der Waals surface area contributed by atoms with Gasteiger partial charge in [-0.2, -0.15) is 0 Å². The average Bonchev–Trinajstić information content (AvgIpc) is 1.48. The van der Waals surface area contributed by atoms with Crippen LogP contribution in [0.1, 0.15) is 41.1 Å². The molecule has 0 aliphatic carbocycles. The van der Waals surface area contributed by atoms with Crippen molar-refractivity contribution in [3.63, 3.8) is 0 Å². The second-order valence-electron chi connectivity index (χ2n) is 11.7. The van der Waals surface area contributed by atoms with Gasteiger partial charge >= 0.3 is 0 Å². The number of rotatable bonds is 6. The summed E-state index contributed by atoms with van der Waals surface area (Å²) < 4.78 is 272. The number of thiophene rings is 1. The van der Waals surface area contributed by atoms with Gasteiger partial charge in [-0.05, 0) is 63.6 Å². The summed E-state index contributed by atoms with van der Waals surface area (Å²) in [5.74, 6) is -2.52. The van der Waals surface area contributed by atoms with Gasteiger partial charge < -0.3 is 4.42 Å². The van der Waals surface area contributed by atoms with E-state index >= 15 is 0 Å². The van der Waals surface area contributed by atoms with Crippen molar-refractivity contribution in [2.24, 2.45) is 0 Å². The van der Waals surface area contributed by atoms with Crippen LogP contribution in [0.5, 0.6) is 0 Å². The first-order valence-corrected chi connectivity index (χ1v) is 17.1. The molecule has 11 aromatic rings. The molecule has 0 aliphatic rings. The van der Waals surface area contributed by atoms with Crippen LogP contribution in [0.25, 0.3) is 110 Å². The zero-order chi connectivity index (χ0) is 63.1. The summed E-state index contributed by atoms with van der Waals surface area (Å²) in [6, 6.07) is -24.8.